The average Bonchev–Trinajstić information content (AvgIpc) is 0.984. The summed E-state index contributed by atoms with van der Waals surface area (Å²) in [7, 11) is -14.9. The molecule has 88 heavy (non-hydrogen) atoms. The number of unbranched alkanes of at least 4 members (excludes halogenated alkanes) is 1. The van der Waals surface area contributed by atoms with Gasteiger partial charge in [-0.15, -0.1) is 30.7 Å². The molecule has 25 nitrogen and oxygen atoms in total. The fraction of sp³-hybridized carbons (Fsp3) is 0.133. The van der Waals surface area contributed by atoms with Crippen LogP contribution in [0.5, 0.6) is 28.7 Å². The molecule has 10 aromatic rings. The maximum absolute atomic E-state index is 12.9. The first-order valence-electron chi connectivity index (χ1n) is 26.7. The Kier molecular flexibility index (Phi) is 17.3. The molecule has 448 valence electrons. The number of ether oxygens (including phenoxy) is 1. The van der Waals surface area contributed by atoms with Gasteiger partial charge in [-0.05, 0) is 145 Å². The number of hydrogen-bond acceptors (Lipinski definition) is 22. The van der Waals surface area contributed by atoms with E-state index in [1.165, 1.54) is 30.3 Å². The van der Waals surface area contributed by atoms with Gasteiger partial charge in [0.15, 0.2) is 17.2 Å². The van der Waals surface area contributed by atoms with Crippen LogP contribution in [0.25, 0.3) is 43.1 Å². The SMILES string of the molecule is CCCCNc1ccc2c(O)c(N=Nc3ccc4c(O)c(N=Nc5ccccc5)ccc4c3)ccc2c1N=Nc1ccc2cc(S(=O)(=O)O)c(N=Nc3cc(C)c(N=Nc4cc(S(=O)(=O)O)cc5cc(S(=O)(=O)O)cc(O)c45)cc3OCCC)c(O)c2c1. The van der Waals surface area contributed by atoms with Crippen LogP contribution in [0, 0.1) is 6.92 Å². The molecule has 0 aliphatic heterocycles. The molecule has 0 aromatic heterocycles. The predicted molar refractivity (Wildman–Crippen MR) is 330 cm³/mol. The molecule has 8 N–H and O–H groups in total. The van der Waals surface area contributed by atoms with Crippen LogP contribution in [0.3, 0.4) is 0 Å². The van der Waals surface area contributed by atoms with Gasteiger partial charge >= 0.3 is 0 Å². The van der Waals surface area contributed by atoms with Gasteiger partial charge in [-0.2, -0.15) is 45.7 Å². The topological polar surface area (TPSA) is 389 Å². The van der Waals surface area contributed by atoms with Crippen LogP contribution in [0.1, 0.15) is 38.7 Å². The van der Waals surface area contributed by atoms with Crippen LogP contribution in [-0.4, -0.2) is 72.5 Å². The molecule has 10 aromatic carbocycles. The molecule has 0 amide bonds. The fourth-order valence-electron chi connectivity index (χ4n) is 9.22. The van der Waals surface area contributed by atoms with Crippen molar-refractivity contribution in [2.24, 2.45) is 51.1 Å². The van der Waals surface area contributed by atoms with Crippen molar-refractivity contribution in [3.63, 3.8) is 0 Å². The van der Waals surface area contributed by atoms with Crippen LogP contribution >= 0.6 is 0 Å². The number of azo groups is 5. The van der Waals surface area contributed by atoms with Crippen molar-refractivity contribution in [3.05, 3.63) is 151 Å². The molecular weight excluding hydrogens is 1190 g/mol. The van der Waals surface area contributed by atoms with Crippen molar-refractivity contribution < 1.29 is 64.1 Å². The monoisotopic (exact) mass is 1250 g/mol. The maximum atomic E-state index is 12.9. The molecule has 0 fully saturated rings. The lowest BCUT2D eigenvalue weighted by atomic mass is 10.1. The van der Waals surface area contributed by atoms with Crippen molar-refractivity contribution in [2.75, 3.05) is 18.5 Å². The van der Waals surface area contributed by atoms with Gasteiger partial charge in [-0.1, -0.05) is 50.6 Å². The minimum atomic E-state index is -5.08. The van der Waals surface area contributed by atoms with E-state index in [2.05, 4.69) is 56.5 Å². The highest BCUT2D eigenvalue weighted by atomic mass is 32.2. The number of phenols is 4. The number of anilines is 1. The normalized spacial score (nSPS) is 12.7. The van der Waals surface area contributed by atoms with E-state index in [1.54, 1.807) is 73.7 Å². The lowest BCUT2D eigenvalue weighted by molar-refractivity contribution is 0.318. The molecule has 0 saturated heterocycles. The summed E-state index contributed by atoms with van der Waals surface area (Å²) in [5, 5.41) is 93.5. The lowest BCUT2D eigenvalue weighted by Crippen LogP contribution is -2.01. The molecule has 0 unspecified atom stereocenters. The molecule has 10 rings (SSSR count). The van der Waals surface area contributed by atoms with Crippen LogP contribution in [0.4, 0.5) is 62.6 Å². The Morgan fingerprint density at radius 2 is 1.02 bits per heavy atom. The highest BCUT2D eigenvalue weighted by Gasteiger charge is 2.24. The highest BCUT2D eigenvalue weighted by molar-refractivity contribution is 7.86. The Balaban J connectivity index is 0.965. The van der Waals surface area contributed by atoms with Crippen LogP contribution < -0.4 is 10.1 Å². The van der Waals surface area contributed by atoms with Crippen molar-refractivity contribution in [1.29, 1.82) is 0 Å². The van der Waals surface area contributed by atoms with Gasteiger partial charge in [0.1, 0.15) is 44.8 Å². The largest absolute Gasteiger partial charge is 0.507 e. The molecule has 0 saturated carbocycles. The summed E-state index contributed by atoms with van der Waals surface area (Å²) < 4.78 is 110. The van der Waals surface area contributed by atoms with Gasteiger partial charge in [-0.3, -0.25) is 13.7 Å². The molecule has 0 atom stereocenters. The first kappa shape index (κ1) is 60.9. The fourth-order valence-corrected chi connectivity index (χ4v) is 10.9. The number of nitrogens with one attached hydrogen (secondary N) is 1. The number of fused-ring (bicyclic) bond motifs is 4. The quantitative estimate of drug-likeness (QED) is 0.0200. The smallest absolute Gasteiger partial charge is 0.296 e. The standard InChI is InChI=1S/C60H51N11O14S3/c1-4-6-22-61-46-20-18-44-43(17-21-48(59(44)74)66-63-38-15-16-42-34(25-38)13-19-47(58(42)73)65-62-37-10-8-7-9-11-37)56(46)70-64-39-14-12-35-28-54(88(82,83)84)57(60(75)45(35)29-39)71-68-50-24-33(3)49(32-53(50)85-23-5-2)67-69-51-30-40(86(76,77)78)26-36-27-41(87(79,80)81)31-52(72)55(36)51/h7-21,24-32,61,72-75H,4-6,22-23H2,1-3H3,(H,76,77,78)(H,79,80,81)(H,82,83,84). The Morgan fingerprint density at radius 1 is 0.443 bits per heavy atom. The van der Waals surface area contributed by atoms with E-state index >= 15 is 0 Å². The molecule has 0 radical (unpaired) electrons. The maximum Gasteiger partial charge on any atom is 0.296 e. The van der Waals surface area contributed by atoms with Crippen molar-refractivity contribution >= 4 is 136 Å². The zero-order valence-corrected chi connectivity index (χ0v) is 49.0. The van der Waals surface area contributed by atoms with Crippen LogP contribution in [-0.2, 0) is 30.4 Å². The van der Waals surface area contributed by atoms with Gasteiger partial charge in [0.05, 0.1) is 55.9 Å². The number of phenolic OH excluding ortho intramolecular Hbond substituents is 4. The number of rotatable bonds is 20. The van der Waals surface area contributed by atoms with E-state index in [9.17, 15) is 59.3 Å². The van der Waals surface area contributed by atoms with E-state index in [4.69, 9.17) is 4.74 Å². The number of aryl methyl sites for hydroxylation is 1. The zero-order valence-electron chi connectivity index (χ0n) is 46.6. The van der Waals surface area contributed by atoms with Gasteiger partial charge in [0.2, 0.25) is 0 Å². The third kappa shape index (κ3) is 13.3. The van der Waals surface area contributed by atoms with Gasteiger partial charge < -0.3 is 30.5 Å². The van der Waals surface area contributed by atoms with E-state index in [0.717, 1.165) is 37.1 Å². The third-order valence-electron chi connectivity index (χ3n) is 13.6. The van der Waals surface area contributed by atoms with E-state index in [-0.39, 0.29) is 79.5 Å². The molecule has 0 aliphatic rings. The Morgan fingerprint density at radius 3 is 1.73 bits per heavy atom. The first-order valence-corrected chi connectivity index (χ1v) is 31.0. The summed E-state index contributed by atoms with van der Waals surface area (Å²) in [4.78, 5) is -2.31. The van der Waals surface area contributed by atoms with E-state index < -0.39 is 62.2 Å². The number of hydrogen-bond donors (Lipinski definition) is 8. The van der Waals surface area contributed by atoms with Crippen LogP contribution in [0.2, 0.25) is 0 Å². The Bertz CT molecular complexity index is 4970. The van der Waals surface area contributed by atoms with Gasteiger partial charge in [-0.25, -0.2) is 0 Å². The molecule has 0 heterocycles. The second-order valence-corrected chi connectivity index (χ2v) is 24.0. The summed E-state index contributed by atoms with van der Waals surface area (Å²) in [6.45, 7) is 6.10. The minimum Gasteiger partial charge on any atom is -0.507 e. The summed E-state index contributed by atoms with van der Waals surface area (Å²) in [6.07, 6.45) is 2.20. The second kappa shape index (κ2) is 25.0. The summed E-state index contributed by atoms with van der Waals surface area (Å²) >= 11 is 0. The molecule has 28 heteroatoms. The third-order valence-corrected chi connectivity index (χ3v) is 16.1. The number of aromatic hydroxyl groups is 4. The lowest BCUT2D eigenvalue weighted by Gasteiger charge is -2.13. The van der Waals surface area contributed by atoms with Crippen molar-refractivity contribution in [1.82, 2.24) is 0 Å². The molecule has 0 bridgehead atoms. The minimum absolute atomic E-state index is 0.00670. The summed E-state index contributed by atoms with van der Waals surface area (Å²) in [5.74, 6) is -1.69. The van der Waals surface area contributed by atoms with Gasteiger partial charge in [0.25, 0.3) is 30.4 Å². The average molecular weight is 1250 g/mol. The van der Waals surface area contributed by atoms with E-state index in [1.807, 2.05) is 32.0 Å². The second-order valence-electron chi connectivity index (χ2n) is 19.8. The zero-order chi connectivity index (χ0) is 62.7. The Hall–Kier alpha value is -10.2. The molecule has 0 aliphatic carbocycles. The van der Waals surface area contributed by atoms with Crippen molar-refractivity contribution in [3.8, 4) is 28.7 Å². The van der Waals surface area contributed by atoms with E-state index in [0.29, 0.717) is 68.9 Å². The molecule has 0 spiro atoms. The van der Waals surface area contributed by atoms with Gasteiger partial charge in [0, 0.05) is 40.2 Å². The highest BCUT2D eigenvalue weighted by Crippen LogP contribution is 2.47. The number of nitrogens with zero attached hydrogens (tertiary/aromatic N) is 10. The summed E-state index contributed by atoms with van der Waals surface area (Å²) in [6, 6.07) is 35.9. The summed E-state index contributed by atoms with van der Waals surface area (Å²) in [5.41, 5.74) is 1.98. The Labute approximate surface area is 501 Å². The van der Waals surface area contributed by atoms with Crippen molar-refractivity contribution in [2.45, 2.75) is 54.7 Å². The predicted octanol–water partition coefficient (Wildman–Crippen LogP) is 17.2. The number of benzene rings is 10. The van der Waals surface area contributed by atoms with Crippen LogP contribution in [0.15, 0.2) is 211 Å². The molecular formula is C60H51N11O14S3. The first-order chi connectivity index (χ1) is 42.0.